The zero-order valence-corrected chi connectivity index (χ0v) is 16.2. The number of hydrogen-bond acceptors (Lipinski definition) is 6. The van der Waals surface area contributed by atoms with Gasteiger partial charge in [0.25, 0.3) is 0 Å². The van der Waals surface area contributed by atoms with E-state index in [1.807, 2.05) is 44.2 Å². The number of amides is 1. The minimum Gasteiger partial charge on any atom is -0.438 e. The standard InChI is InChI=1S/C20H22N2O4S/c1-20(2)15-11-7-12-16(18(15)21-19(23)25-20)24-17(22-26-27)13-6-10-14-8-4-3-5-9-14/h3-5,7-9,11-12,27H,6,10,13H2,1-2H3,(H,21,23). The van der Waals surface area contributed by atoms with Gasteiger partial charge in [0.2, 0.25) is 5.90 Å². The fourth-order valence-corrected chi connectivity index (χ4v) is 3.13. The van der Waals surface area contributed by atoms with Crippen LogP contribution in [0.25, 0.3) is 0 Å². The van der Waals surface area contributed by atoms with Crippen molar-refractivity contribution >= 4 is 30.6 Å². The maximum atomic E-state index is 11.9. The zero-order valence-electron chi connectivity index (χ0n) is 15.3. The van der Waals surface area contributed by atoms with E-state index in [-0.39, 0.29) is 0 Å². The van der Waals surface area contributed by atoms with Crippen molar-refractivity contribution in [1.29, 1.82) is 0 Å². The van der Waals surface area contributed by atoms with Crippen LogP contribution in [0, 0.1) is 0 Å². The molecule has 1 aliphatic heterocycles. The van der Waals surface area contributed by atoms with E-state index in [0.717, 1.165) is 18.4 Å². The van der Waals surface area contributed by atoms with Crippen molar-refractivity contribution in [3.05, 3.63) is 59.7 Å². The number of para-hydroxylation sites is 1. The number of oxime groups is 1. The molecule has 1 N–H and O–H groups in total. The Kier molecular flexibility index (Phi) is 5.91. The van der Waals surface area contributed by atoms with Crippen LogP contribution in [0.4, 0.5) is 10.5 Å². The molecule has 0 aromatic heterocycles. The molecule has 1 amide bonds. The molecular formula is C20H22N2O4S. The van der Waals surface area contributed by atoms with Crippen LogP contribution in [0.3, 0.4) is 0 Å². The lowest BCUT2D eigenvalue weighted by Gasteiger charge is -2.33. The molecule has 27 heavy (non-hydrogen) atoms. The number of rotatable bonds is 6. The van der Waals surface area contributed by atoms with Crippen molar-refractivity contribution in [1.82, 2.24) is 0 Å². The van der Waals surface area contributed by atoms with Crippen LogP contribution < -0.4 is 10.1 Å². The second-order valence-electron chi connectivity index (χ2n) is 6.71. The highest BCUT2D eigenvalue weighted by atomic mass is 32.1. The van der Waals surface area contributed by atoms with Crippen LogP contribution >= 0.6 is 12.9 Å². The third kappa shape index (κ3) is 4.74. The lowest BCUT2D eigenvalue weighted by Crippen LogP contribution is -2.35. The molecule has 142 valence electrons. The number of aryl methyl sites for hydroxylation is 1. The molecule has 0 aliphatic carbocycles. The van der Waals surface area contributed by atoms with E-state index in [1.54, 1.807) is 6.07 Å². The molecule has 3 rings (SSSR count). The molecule has 0 spiro atoms. The molecule has 6 nitrogen and oxygen atoms in total. The summed E-state index contributed by atoms with van der Waals surface area (Å²) in [7, 11) is 0. The maximum Gasteiger partial charge on any atom is 0.412 e. The third-order valence-electron chi connectivity index (χ3n) is 4.32. The Hall–Kier alpha value is -2.67. The number of cyclic esters (lactones) is 1. The Labute approximate surface area is 164 Å². The lowest BCUT2D eigenvalue weighted by atomic mass is 9.94. The molecule has 0 bridgehead atoms. The van der Waals surface area contributed by atoms with Gasteiger partial charge in [0.05, 0.1) is 18.6 Å². The number of hydrogen-bond donors (Lipinski definition) is 2. The average Bonchev–Trinajstić information content (AvgIpc) is 2.63. The largest absolute Gasteiger partial charge is 0.438 e. The molecule has 2 aromatic carbocycles. The summed E-state index contributed by atoms with van der Waals surface area (Å²) in [5.74, 6) is 0.869. The Balaban J connectivity index is 1.74. The van der Waals surface area contributed by atoms with Gasteiger partial charge >= 0.3 is 6.09 Å². The van der Waals surface area contributed by atoms with Gasteiger partial charge in [-0.25, -0.2) is 4.79 Å². The smallest absolute Gasteiger partial charge is 0.412 e. The van der Waals surface area contributed by atoms with E-state index in [1.165, 1.54) is 5.56 Å². The summed E-state index contributed by atoms with van der Waals surface area (Å²) in [5.41, 5.74) is 1.90. The topological polar surface area (TPSA) is 69.2 Å². The molecule has 0 unspecified atom stereocenters. The summed E-state index contributed by atoms with van der Waals surface area (Å²) in [4.78, 5) is 11.9. The monoisotopic (exact) mass is 386 g/mol. The molecule has 2 aromatic rings. The van der Waals surface area contributed by atoms with Crippen LogP contribution in [0.1, 0.15) is 37.8 Å². The number of ether oxygens (including phenoxy) is 2. The van der Waals surface area contributed by atoms with Gasteiger partial charge in [0, 0.05) is 12.0 Å². The molecule has 0 saturated carbocycles. The Morgan fingerprint density at radius 1 is 1.19 bits per heavy atom. The molecule has 0 saturated heterocycles. The van der Waals surface area contributed by atoms with Crippen molar-refractivity contribution in [2.75, 3.05) is 5.32 Å². The van der Waals surface area contributed by atoms with Crippen molar-refractivity contribution < 1.29 is 18.6 Å². The van der Waals surface area contributed by atoms with Crippen LogP contribution in [0.15, 0.2) is 53.7 Å². The van der Waals surface area contributed by atoms with Gasteiger partial charge in [0.1, 0.15) is 5.60 Å². The molecule has 1 aliphatic rings. The van der Waals surface area contributed by atoms with Crippen molar-refractivity contribution in [3.63, 3.8) is 0 Å². The van der Waals surface area contributed by atoms with Crippen LogP contribution in [-0.4, -0.2) is 12.0 Å². The highest BCUT2D eigenvalue weighted by Crippen LogP contribution is 2.41. The predicted octanol–water partition coefficient (Wildman–Crippen LogP) is 5.06. The number of fused-ring (bicyclic) bond motifs is 1. The van der Waals surface area contributed by atoms with Crippen LogP contribution in [0.5, 0.6) is 5.75 Å². The van der Waals surface area contributed by atoms with E-state index >= 15 is 0 Å². The van der Waals surface area contributed by atoms with E-state index < -0.39 is 11.7 Å². The Bertz CT molecular complexity index is 837. The molecule has 0 fully saturated rings. The van der Waals surface area contributed by atoms with E-state index in [0.29, 0.717) is 23.8 Å². The third-order valence-corrected chi connectivity index (χ3v) is 4.40. The molecule has 1 heterocycles. The summed E-state index contributed by atoms with van der Waals surface area (Å²) in [5, 5.41) is 6.58. The molecule has 7 heteroatoms. The number of thiol groups is 1. The van der Waals surface area contributed by atoms with Gasteiger partial charge < -0.3 is 13.8 Å². The number of nitrogens with zero attached hydrogens (tertiary/aromatic N) is 1. The fourth-order valence-electron chi connectivity index (χ4n) is 3.04. The number of anilines is 1. The van der Waals surface area contributed by atoms with Gasteiger partial charge in [0.15, 0.2) is 5.75 Å². The van der Waals surface area contributed by atoms with E-state index in [2.05, 4.69) is 39.8 Å². The van der Waals surface area contributed by atoms with Crippen LogP contribution in [-0.2, 0) is 21.0 Å². The highest BCUT2D eigenvalue weighted by Gasteiger charge is 2.35. The SMILES string of the molecule is CC1(C)OC(=O)Nc2c(OC(CCCc3ccccc3)=NOS)cccc21. The van der Waals surface area contributed by atoms with Gasteiger partial charge in [-0.3, -0.25) is 5.32 Å². The number of nitrogens with one attached hydrogen (secondary N) is 1. The highest BCUT2D eigenvalue weighted by molar-refractivity contribution is 7.75. The molecule has 0 radical (unpaired) electrons. The van der Waals surface area contributed by atoms with Gasteiger partial charge in [-0.15, -0.1) is 0 Å². The normalized spacial score (nSPS) is 15.4. The molecular weight excluding hydrogens is 364 g/mol. The number of carbonyl (C=O) groups excluding carboxylic acids is 1. The summed E-state index contributed by atoms with van der Waals surface area (Å²) >= 11 is 3.70. The van der Waals surface area contributed by atoms with Crippen molar-refractivity contribution in [2.24, 2.45) is 5.16 Å². The first-order chi connectivity index (χ1) is 13.0. The summed E-state index contributed by atoms with van der Waals surface area (Å²) < 4.78 is 15.9. The summed E-state index contributed by atoms with van der Waals surface area (Å²) in [6, 6.07) is 15.7. The maximum absolute atomic E-state index is 11.9. The average molecular weight is 386 g/mol. The first-order valence-corrected chi connectivity index (χ1v) is 9.09. The summed E-state index contributed by atoms with van der Waals surface area (Å²) in [6.45, 7) is 3.67. The second kappa shape index (κ2) is 8.35. The first kappa shape index (κ1) is 19.1. The zero-order chi connectivity index (χ0) is 19.3. The van der Waals surface area contributed by atoms with Gasteiger partial charge in [-0.2, -0.15) is 0 Å². The van der Waals surface area contributed by atoms with Gasteiger partial charge in [-0.1, -0.05) is 42.5 Å². The lowest BCUT2D eigenvalue weighted by molar-refractivity contribution is 0.0418. The Morgan fingerprint density at radius 3 is 2.70 bits per heavy atom. The first-order valence-electron chi connectivity index (χ1n) is 8.72. The minimum absolute atomic E-state index is 0.382. The quantitative estimate of drug-likeness (QED) is 0.239. The van der Waals surface area contributed by atoms with Crippen molar-refractivity contribution in [3.8, 4) is 5.75 Å². The predicted molar refractivity (Wildman–Crippen MR) is 107 cm³/mol. The number of carbonyl (C=O) groups is 1. The minimum atomic E-state index is -0.748. The fraction of sp³-hybridized carbons (Fsp3) is 0.300. The summed E-state index contributed by atoms with van der Waals surface area (Å²) in [6.07, 6.45) is 1.76. The van der Waals surface area contributed by atoms with E-state index in [4.69, 9.17) is 9.47 Å². The van der Waals surface area contributed by atoms with Crippen molar-refractivity contribution in [2.45, 2.75) is 38.7 Å². The second-order valence-corrected chi connectivity index (χ2v) is 6.87. The number of benzene rings is 2. The van der Waals surface area contributed by atoms with Gasteiger partial charge in [-0.05, 0) is 43.5 Å². The molecule has 0 atom stereocenters. The van der Waals surface area contributed by atoms with Crippen LogP contribution in [0.2, 0.25) is 0 Å². The van der Waals surface area contributed by atoms with E-state index in [9.17, 15) is 4.79 Å². The Morgan fingerprint density at radius 2 is 1.96 bits per heavy atom.